The van der Waals surface area contributed by atoms with Gasteiger partial charge < -0.3 is 10.2 Å². The molecule has 0 aliphatic rings. The van der Waals surface area contributed by atoms with Gasteiger partial charge in [0.15, 0.2) is 0 Å². The molecule has 0 unspecified atom stereocenters. The molecule has 0 fully saturated rings. The minimum Gasteiger partial charge on any atom is -0.478 e. The van der Waals surface area contributed by atoms with E-state index in [0.717, 1.165) is 0 Å². The third-order valence-corrected chi connectivity index (χ3v) is 2.33. The van der Waals surface area contributed by atoms with Gasteiger partial charge in [0.25, 0.3) is 0 Å². The van der Waals surface area contributed by atoms with Gasteiger partial charge in [0.05, 0.1) is 11.1 Å². The summed E-state index contributed by atoms with van der Waals surface area (Å²) in [7, 11) is 0. The Balaban J connectivity index is 0.00000144. The van der Waals surface area contributed by atoms with Gasteiger partial charge in [-0.05, 0) is 35.0 Å². The Hall–Kier alpha value is -1.78. The summed E-state index contributed by atoms with van der Waals surface area (Å²) in [4.78, 5) is 21.5. The molecule has 0 aliphatic carbocycles. The first-order valence-corrected chi connectivity index (χ1v) is 4.58. The number of carboxylic acids is 2. The standard InChI is InChI=1S/C12H8O4.2ClH/c13-11(14)9-3-1-7-5-10(12(15)16)4-2-8(7)6-9;;/h1-6H,(H,13,14)(H,15,16);2*1H. The van der Waals surface area contributed by atoms with Crippen LogP contribution in [0.1, 0.15) is 20.7 Å². The average Bonchev–Trinajstić information content (AvgIpc) is 2.27. The Labute approximate surface area is 115 Å². The molecule has 2 aromatic rings. The second kappa shape index (κ2) is 6.23. The van der Waals surface area contributed by atoms with Crippen molar-refractivity contribution in [2.45, 2.75) is 0 Å². The Bertz CT molecular complexity index is 542. The zero-order valence-electron chi connectivity index (χ0n) is 8.99. The molecule has 2 aromatic carbocycles. The van der Waals surface area contributed by atoms with E-state index >= 15 is 0 Å². The van der Waals surface area contributed by atoms with Crippen molar-refractivity contribution in [1.82, 2.24) is 0 Å². The second-order valence-corrected chi connectivity index (χ2v) is 3.39. The Morgan fingerprint density at radius 1 is 0.722 bits per heavy atom. The fraction of sp³-hybridized carbons (Fsp3) is 0. The van der Waals surface area contributed by atoms with Crippen molar-refractivity contribution < 1.29 is 19.8 Å². The maximum absolute atomic E-state index is 10.7. The summed E-state index contributed by atoms with van der Waals surface area (Å²) in [6, 6.07) is 9.15. The summed E-state index contributed by atoms with van der Waals surface area (Å²) < 4.78 is 0. The molecule has 96 valence electrons. The molecule has 0 bridgehead atoms. The molecule has 0 radical (unpaired) electrons. The fourth-order valence-corrected chi connectivity index (χ4v) is 1.51. The summed E-state index contributed by atoms with van der Waals surface area (Å²) in [6.45, 7) is 0. The number of halogens is 2. The van der Waals surface area contributed by atoms with Crippen LogP contribution in [0.5, 0.6) is 0 Å². The lowest BCUT2D eigenvalue weighted by Crippen LogP contribution is -1.97. The molecule has 0 atom stereocenters. The number of benzene rings is 2. The number of carbonyl (C=O) groups is 2. The highest BCUT2D eigenvalue weighted by atomic mass is 35.5. The third-order valence-electron chi connectivity index (χ3n) is 2.33. The van der Waals surface area contributed by atoms with E-state index in [0.29, 0.717) is 10.8 Å². The Kier molecular flexibility index (Phi) is 5.62. The van der Waals surface area contributed by atoms with Crippen LogP contribution in [0.4, 0.5) is 0 Å². The van der Waals surface area contributed by atoms with Crippen LogP contribution < -0.4 is 0 Å². The van der Waals surface area contributed by atoms with Crippen molar-refractivity contribution in [3.05, 3.63) is 47.5 Å². The highest BCUT2D eigenvalue weighted by molar-refractivity contribution is 5.97. The van der Waals surface area contributed by atoms with Gasteiger partial charge in [-0.15, -0.1) is 24.8 Å². The van der Waals surface area contributed by atoms with Crippen LogP contribution in [0.2, 0.25) is 0 Å². The number of fused-ring (bicyclic) bond motifs is 1. The van der Waals surface area contributed by atoms with E-state index in [1.54, 1.807) is 12.1 Å². The molecule has 0 amide bonds. The van der Waals surface area contributed by atoms with Crippen molar-refractivity contribution in [3.8, 4) is 0 Å². The molecule has 0 aliphatic heterocycles. The van der Waals surface area contributed by atoms with Crippen molar-refractivity contribution in [2.75, 3.05) is 0 Å². The topological polar surface area (TPSA) is 74.6 Å². The number of rotatable bonds is 2. The van der Waals surface area contributed by atoms with E-state index in [4.69, 9.17) is 10.2 Å². The van der Waals surface area contributed by atoms with E-state index in [1.165, 1.54) is 24.3 Å². The van der Waals surface area contributed by atoms with Crippen LogP contribution in [0.25, 0.3) is 10.8 Å². The quantitative estimate of drug-likeness (QED) is 0.891. The van der Waals surface area contributed by atoms with Crippen LogP contribution in [0.3, 0.4) is 0 Å². The summed E-state index contributed by atoms with van der Waals surface area (Å²) in [5.41, 5.74) is 0.381. The van der Waals surface area contributed by atoms with E-state index < -0.39 is 11.9 Å². The first-order valence-electron chi connectivity index (χ1n) is 4.58. The summed E-state index contributed by atoms with van der Waals surface area (Å²) in [5.74, 6) is -1.99. The van der Waals surface area contributed by atoms with Crippen molar-refractivity contribution >= 4 is 47.5 Å². The fourth-order valence-electron chi connectivity index (χ4n) is 1.51. The van der Waals surface area contributed by atoms with Crippen molar-refractivity contribution in [1.29, 1.82) is 0 Å². The highest BCUT2D eigenvalue weighted by Crippen LogP contribution is 2.18. The van der Waals surface area contributed by atoms with E-state index in [1.807, 2.05) is 0 Å². The second-order valence-electron chi connectivity index (χ2n) is 3.39. The number of aromatic carboxylic acids is 2. The molecule has 2 N–H and O–H groups in total. The summed E-state index contributed by atoms with van der Waals surface area (Å²) >= 11 is 0. The highest BCUT2D eigenvalue weighted by Gasteiger charge is 2.06. The number of carboxylic acid groups (broad SMARTS) is 2. The van der Waals surface area contributed by atoms with Crippen LogP contribution >= 0.6 is 24.8 Å². The monoisotopic (exact) mass is 288 g/mol. The molecular weight excluding hydrogens is 279 g/mol. The zero-order chi connectivity index (χ0) is 11.7. The normalized spacial score (nSPS) is 9.11. The molecule has 0 spiro atoms. The Morgan fingerprint density at radius 2 is 1.06 bits per heavy atom. The summed E-state index contributed by atoms with van der Waals surface area (Å²) in [5, 5.41) is 19.0. The molecule has 0 heterocycles. The Morgan fingerprint density at radius 3 is 1.33 bits per heavy atom. The molecule has 0 saturated heterocycles. The lowest BCUT2D eigenvalue weighted by molar-refractivity contribution is 0.0686. The van der Waals surface area contributed by atoms with Crippen LogP contribution in [-0.2, 0) is 0 Å². The molecular formula is C12H10Cl2O4. The van der Waals surface area contributed by atoms with Gasteiger partial charge in [0, 0.05) is 0 Å². The van der Waals surface area contributed by atoms with Crippen molar-refractivity contribution in [3.63, 3.8) is 0 Å². The third kappa shape index (κ3) is 3.12. The molecule has 0 aromatic heterocycles. The van der Waals surface area contributed by atoms with Crippen molar-refractivity contribution in [2.24, 2.45) is 0 Å². The van der Waals surface area contributed by atoms with Gasteiger partial charge in [0.1, 0.15) is 0 Å². The number of hydrogen-bond acceptors (Lipinski definition) is 2. The first-order chi connectivity index (χ1) is 7.58. The first kappa shape index (κ1) is 16.2. The summed E-state index contributed by atoms with van der Waals surface area (Å²) in [6.07, 6.45) is 0. The lowest BCUT2D eigenvalue weighted by Gasteiger charge is -2.01. The van der Waals surface area contributed by atoms with Crippen LogP contribution in [-0.4, -0.2) is 22.2 Å². The lowest BCUT2D eigenvalue weighted by atomic mass is 10.0. The predicted octanol–water partition coefficient (Wildman–Crippen LogP) is 3.08. The zero-order valence-corrected chi connectivity index (χ0v) is 10.6. The molecule has 6 heteroatoms. The van der Waals surface area contributed by atoms with E-state index in [2.05, 4.69) is 0 Å². The maximum Gasteiger partial charge on any atom is 0.335 e. The average molecular weight is 289 g/mol. The van der Waals surface area contributed by atoms with Gasteiger partial charge in [-0.1, -0.05) is 12.1 Å². The van der Waals surface area contributed by atoms with E-state index in [9.17, 15) is 9.59 Å². The SMILES string of the molecule is Cl.Cl.O=C(O)c1ccc2cc(C(=O)O)ccc2c1. The van der Waals surface area contributed by atoms with Gasteiger partial charge in [-0.25, -0.2) is 9.59 Å². The maximum atomic E-state index is 10.7. The smallest absolute Gasteiger partial charge is 0.335 e. The van der Waals surface area contributed by atoms with Gasteiger partial charge in [0.2, 0.25) is 0 Å². The molecule has 18 heavy (non-hydrogen) atoms. The molecule has 2 rings (SSSR count). The molecule has 4 nitrogen and oxygen atoms in total. The predicted molar refractivity (Wildman–Crippen MR) is 72.4 cm³/mol. The van der Waals surface area contributed by atoms with Gasteiger partial charge in [-0.2, -0.15) is 0 Å². The van der Waals surface area contributed by atoms with Crippen LogP contribution in [0, 0.1) is 0 Å². The number of hydrogen-bond donors (Lipinski definition) is 2. The largest absolute Gasteiger partial charge is 0.478 e. The molecule has 0 saturated carbocycles. The van der Waals surface area contributed by atoms with Gasteiger partial charge >= 0.3 is 11.9 Å². The minimum atomic E-state index is -0.996. The minimum absolute atomic E-state index is 0. The van der Waals surface area contributed by atoms with Gasteiger partial charge in [-0.3, -0.25) is 0 Å². The van der Waals surface area contributed by atoms with Crippen LogP contribution in [0.15, 0.2) is 36.4 Å². The van der Waals surface area contributed by atoms with E-state index in [-0.39, 0.29) is 35.9 Å².